The zero-order chi connectivity index (χ0) is 10.1. The average Bonchev–Trinajstić information content (AvgIpc) is 2.20. The first-order chi connectivity index (χ1) is 6.74. The first kappa shape index (κ1) is 8.71. The molecule has 0 atom stereocenters. The van der Waals surface area contributed by atoms with Crippen molar-refractivity contribution in [2.75, 3.05) is 0 Å². The third-order valence-corrected chi connectivity index (χ3v) is 2.55. The number of fused-ring (bicyclic) bond motifs is 1. The standard InChI is InChI=1S/C12H11N2/c1-9-7-11-5-3-4-6-14(11)12(8-13)10(9)2/h3-7H,1-2H3/q+1. The molecule has 2 nitrogen and oxygen atoms in total. The first-order valence-electron chi connectivity index (χ1n) is 4.55. The number of hydrogen-bond donors (Lipinski definition) is 0. The summed E-state index contributed by atoms with van der Waals surface area (Å²) < 4.78 is 1.92. The highest BCUT2D eigenvalue weighted by Gasteiger charge is 2.14. The number of nitrogens with zero attached hydrogens (tertiary/aromatic N) is 2. The van der Waals surface area contributed by atoms with E-state index in [1.165, 1.54) is 0 Å². The lowest BCUT2D eigenvalue weighted by Gasteiger charge is -1.99. The van der Waals surface area contributed by atoms with E-state index in [-0.39, 0.29) is 0 Å². The van der Waals surface area contributed by atoms with Crippen LogP contribution in [0.5, 0.6) is 0 Å². The Morgan fingerprint density at radius 1 is 1.29 bits per heavy atom. The SMILES string of the molecule is Cc1cc2cccc[n+]2c(C#N)c1C. The molecule has 2 aromatic rings. The second kappa shape index (κ2) is 3.12. The number of aryl methyl sites for hydroxylation is 1. The Hall–Kier alpha value is -1.88. The molecule has 2 rings (SSSR count). The molecule has 0 spiro atoms. The predicted octanol–water partition coefficient (Wildman–Crippen LogP) is 1.91. The van der Waals surface area contributed by atoms with Crippen molar-refractivity contribution in [3.05, 3.63) is 47.3 Å². The van der Waals surface area contributed by atoms with Crippen molar-refractivity contribution >= 4 is 5.52 Å². The molecule has 0 unspecified atom stereocenters. The van der Waals surface area contributed by atoms with Gasteiger partial charge in [-0.25, -0.2) is 0 Å². The van der Waals surface area contributed by atoms with Crippen LogP contribution in [0.1, 0.15) is 16.8 Å². The predicted molar refractivity (Wildman–Crippen MR) is 53.8 cm³/mol. The van der Waals surface area contributed by atoms with Gasteiger partial charge in [0.25, 0.3) is 5.69 Å². The molecule has 14 heavy (non-hydrogen) atoms. The fraction of sp³-hybridized carbons (Fsp3) is 0.167. The van der Waals surface area contributed by atoms with E-state index in [2.05, 4.69) is 12.1 Å². The molecule has 0 saturated carbocycles. The summed E-state index contributed by atoms with van der Waals surface area (Å²) >= 11 is 0. The van der Waals surface area contributed by atoms with E-state index in [4.69, 9.17) is 5.26 Å². The van der Waals surface area contributed by atoms with Crippen LogP contribution in [0, 0.1) is 25.2 Å². The molecule has 0 aromatic carbocycles. The highest BCUT2D eigenvalue weighted by Crippen LogP contribution is 2.10. The molecule has 0 amide bonds. The van der Waals surface area contributed by atoms with Crippen molar-refractivity contribution in [3.63, 3.8) is 0 Å². The molecule has 0 bridgehead atoms. The topological polar surface area (TPSA) is 27.9 Å². The van der Waals surface area contributed by atoms with Gasteiger partial charge in [-0.05, 0) is 25.5 Å². The molecule has 68 valence electrons. The van der Waals surface area contributed by atoms with Gasteiger partial charge in [-0.2, -0.15) is 9.66 Å². The van der Waals surface area contributed by atoms with Crippen molar-refractivity contribution in [2.24, 2.45) is 0 Å². The Morgan fingerprint density at radius 2 is 2.07 bits per heavy atom. The minimum Gasteiger partial charge on any atom is -0.186 e. The Labute approximate surface area is 83.0 Å². The second-order valence-corrected chi connectivity index (χ2v) is 3.41. The quantitative estimate of drug-likeness (QED) is 0.573. The van der Waals surface area contributed by atoms with Gasteiger partial charge < -0.3 is 0 Å². The minimum atomic E-state index is 0.723. The summed E-state index contributed by atoms with van der Waals surface area (Å²) in [6.45, 7) is 4.01. The van der Waals surface area contributed by atoms with Crippen LogP contribution in [-0.4, -0.2) is 0 Å². The van der Waals surface area contributed by atoms with E-state index in [9.17, 15) is 0 Å². The van der Waals surface area contributed by atoms with Crippen molar-refractivity contribution in [2.45, 2.75) is 13.8 Å². The highest BCUT2D eigenvalue weighted by atomic mass is 14.9. The molecular formula is C12H11N2+. The first-order valence-corrected chi connectivity index (χ1v) is 4.55. The van der Waals surface area contributed by atoms with Crippen LogP contribution < -0.4 is 4.40 Å². The van der Waals surface area contributed by atoms with E-state index in [0.717, 1.165) is 22.3 Å². The Balaban J connectivity index is 2.98. The maximum absolute atomic E-state index is 9.07. The van der Waals surface area contributed by atoms with Crippen LogP contribution in [0.3, 0.4) is 0 Å². The molecule has 0 aliphatic carbocycles. The zero-order valence-corrected chi connectivity index (χ0v) is 8.28. The molecule has 0 N–H and O–H groups in total. The lowest BCUT2D eigenvalue weighted by Crippen LogP contribution is -2.27. The van der Waals surface area contributed by atoms with Crippen LogP contribution in [0.2, 0.25) is 0 Å². The number of rotatable bonds is 0. The molecule has 2 heterocycles. The van der Waals surface area contributed by atoms with E-state index >= 15 is 0 Å². The van der Waals surface area contributed by atoms with Crippen LogP contribution in [0.25, 0.3) is 5.52 Å². The maximum atomic E-state index is 9.07. The fourth-order valence-electron chi connectivity index (χ4n) is 1.61. The molecular weight excluding hydrogens is 172 g/mol. The smallest absolute Gasteiger partial charge is 0.186 e. The fourth-order valence-corrected chi connectivity index (χ4v) is 1.61. The summed E-state index contributed by atoms with van der Waals surface area (Å²) in [5.41, 5.74) is 4.00. The van der Waals surface area contributed by atoms with E-state index < -0.39 is 0 Å². The van der Waals surface area contributed by atoms with E-state index in [0.29, 0.717) is 0 Å². The van der Waals surface area contributed by atoms with Gasteiger partial charge in [-0.15, -0.1) is 0 Å². The van der Waals surface area contributed by atoms with Crippen LogP contribution in [-0.2, 0) is 0 Å². The van der Waals surface area contributed by atoms with Crippen molar-refractivity contribution in [1.29, 1.82) is 5.26 Å². The number of hydrogen-bond acceptors (Lipinski definition) is 1. The molecule has 0 fully saturated rings. The molecule has 0 radical (unpaired) electrons. The van der Waals surface area contributed by atoms with E-state index in [1.807, 2.05) is 42.6 Å². The van der Waals surface area contributed by atoms with Gasteiger partial charge in [0.1, 0.15) is 0 Å². The largest absolute Gasteiger partial charge is 0.292 e. The summed E-state index contributed by atoms with van der Waals surface area (Å²) in [5.74, 6) is 0. The van der Waals surface area contributed by atoms with Gasteiger partial charge in [-0.1, -0.05) is 0 Å². The summed E-state index contributed by atoms with van der Waals surface area (Å²) in [6, 6.07) is 10.3. The highest BCUT2D eigenvalue weighted by molar-refractivity contribution is 5.46. The molecule has 0 aliphatic heterocycles. The average molecular weight is 183 g/mol. The van der Waals surface area contributed by atoms with E-state index in [1.54, 1.807) is 0 Å². The van der Waals surface area contributed by atoms with Crippen molar-refractivity contribution in [3.8, 4) is 6.07 Å². The molecule has 0 aliphatic rings. The lowest BCUT2D eigenvalue weighted by atomic mass is 10.1. The second-order valence-electron chi connectivity index (χ2n) is 3.41. The van der Waals surface area contributed by atoms with Gasteiger partial charge in [0.15, 0.2) is 12.3 Å². The van der Waals surface area contributed by atoms with Crippen LogP contribution in [0.4, 0.5) is 0 Å². The molecule has 0 saturated heterocycles. The zero-order valence-electron chi connectivity index (χ0n) is 8.28. The van der Waals surface area contributed by atoms with Gasteiger partial charge >= 0.3 is 0 Å². The molecule has 2 aromatic heterocycles. The van der Waals surface area contributed by atoms with Crippen molar-refractivity contribution < 1.29 is 4.40 Å². The number of aromatic nitrogens is 1. The Morgan fingerprint density at radius 3 is 2.79 bits per heavy atom. The Kier molecular flexibility index (Phi) is 1.94. The summed E-state index contributed by atoms with van der Waals surface area (Å²) in [7, 11) is 0. The number of nitriles is 1. The number of pyridine rings is 2. The van der Waals surface area contributed by atoms with Crippen LogP contribution >= 0.6 is 0 Å². The van der Waals surface area contributed by atoms with Gasteiger partial charge in [0.2, 0.25) is 5.52 Å². The third-order valence-electron chi connectivity index (χ3n) is 2.55. The summed E-state index contributed by atoms with van der Waals surface area (Å²) in [5, 5.41) is 9.07. The van der Waals surface area contributed by atoms with Gasteiger partial charge in [0.05, 0.1) is 0 Å². The Bertz CT molecular complexity index is 536. The lowest BCUT2D eigenvalue weighted by molar-refractivity contribution is -0.515. The van der Waals surface area contributed by atoms with Gasteiger partial charge in [0, 0.05) is 23.8 Å². The molecule has 2 heteroatoms. The minimum absolute atomic E-state index is 0.723. The monoisotopic (exact) mass is 183 g/mol. The summed E-state index contributed by atoms with van der Waals surface area (Å²) in [4.78, 5) is 0. The van der Waals surface area contributed by atoms with Crippen LogP contribution in [0.15, 0.2) is 30.5 Å². The summed E-state index contributed by atoms with van der Waals surface area (Å²) in [6.07, 6.45) is 1.92. The normalized spacial score (nSPS) is 10.1. The van der Waals surface area contributed by atoms with Crippen molar-refractivity contribution in [1.82, 2.24) is 0 Å². The third kappa shape index (κ3) is 1.14. The maximum Gasteiger partial charge on any atom is 0.292 e. The van der Waals surface area contributed by atoms with Gasteiger partial charge in [-0.3, -0.25) is 0 Å².